The van der Waals surface area contributed by atoms with E-state index in [1.807, 2.05) is 43.3 Å². The Morgan fingerprint density at radius 3 is 2.67 bits per heavy atom. The summed E-state index contributed by atoms with van der Waals surface area (Å²) in [5, 5.41) is 3.61. The van der Waals surface area contributed by atoms with E-state index in [0.717, 1.165) is 27.6 Å². The summed E-state index contributed by atoms with van der Waals surface area (Å²) < 4.78 is 0. The monoisotopic (exact) mass is 320 g/mol. The second-order valence-corrected chi connectivity index (χ2v) is 6.16. The summed E-state index contributed by atoms with van der Waals surface area (Å²) in [6.45, 7) is 1.94. The van der Waals surface area contributed by atoms with Crippen molar-refractivity contribution in [1.29, 1.82) is 0 Å². The number of carbonyl (C=O) groups excluding carboxylic acids is 1. The maximum atomic E-state index is 11.9. The van der Waals surface area contributed by atoms with Crippen LogP contribution in [0, 0.1) is 6.92 Å². The number of thioether (sulfide) groups is 1. The molecule has 0 saturated carbocycles. The van der Waals surface area contributed by atoms with Crippen LogP contribution in [0.5, 0.6) is 0 Å². The Labute approximate surface area is 133 Å². The highest BCUT2D eigenvalue weighted by atomic mass is 35.5. The first-order valence-electron chi connectivity index (χ1n) is 6.53. The van der Waals surface area contributed by atoms with Gasteiger partial charge in [-0.2, -0.15) is 0 Å². The van der Waals surface area contributed by atoms with Crippen molar-refractivity contribution in [2.75, 3.05) is 16.8 Å². The van der Waals surface area contributed by atoms with Crippen molar-refractivity contribution in [3.8, 4) is 0 Å². The van der Waals surface area contributed by atoms with Crippen molar-refractivity contribution in [1.82, 2.24) is 0 Å². The lowest BCUT2D eigenvalue weighted by molar-refractivity contribution is -0.113. The van der Waals surface area contributed by atoms with Gasteiger partial charge in [0, 0.05) is 22.2 Å². The summed E-state index contributed by atoms with van der Waals surface area (Å²) >= 11 is 7.40. The SMILES string of the molecule is Cc1ccc(N)cc1NC(=O)CSCc1ccc(Cl)cc1. The fourth-order valence-corrected chi connectivity index (χ4v) is 2.72. The fourth-order valence-electron chi connectivity index (χ4n) is 1.80. The van der Waals surface area contributed by atoms with Crippen molar-refractivity contribution in [2.24, 2.45) is 0 Å². The third kappa shape index (κ3) is 4.99. The Balaban J connectivity index is 1.82. The third-order valence-electron chi connectivity index (χ3n) is 2.95. The quantitative estimate of drug-likeness (QED) is 0.815. The molecule has 0 bridgehead atoms. The number of nitrogens with two attached hydrogens (primary N) is 1. The number of hydrogen-bond donors (Lipinski definition) is 2. The molecule has 0 heterocycles. The summed E-state index contributed by atoms with van der Waals surface area (Å²) in [4.78, 5) is 11.9. The van der Waals surface area contributed by atoms with E-state index in [9.17, 15) is 4.79 Å². The zero-order valence-corrected chi connectivity index (χ0v) is 13.3. The molecule has 0 radical (unpaired) electrons. The lowest BCUT2D eigenvalue weighted by Gasteiger charge is -2.09. The van der Waals surface area contributed by atoms with E-state index in [1.54, 1.807) is 17.8 Å². The molecule has 0 aliphatic rings. The molecule has 0 aliphatic carbocycles. The Kier molecular flexibility index (Phi) is 5.53. The van der Waals surface area contributed by atoms with Crippen LogP contribution in [0.3, 0.4) is 0 Å². The lowest BCUT2D eigenvalue weighted by atomic mass is 10.2. The largest absolute Gasteiger partial charge is 0.399 e. The number of carbonyl (C=O) groups is 1. The van der Waals surface area contributed by atoms with Gasteiger partial charge < -0.3 is 11.1 Å². The topological polar surface area (TPSA) is 55.1 Å². The van der Waals surface area contributed by atoms with Gasteiger partial charge in [-0.1, -0.05) is 29.8 Å². The van der Waals surface area contributed by atoms with Crippen LogP contribution in [0.4, 0.5) is 11.4 Å². The number of amides is 1. The van der Waals surface area contributed by atoms with Crippen molar-refractivity contribution < 1.29 is 4.79 Å². The molecule has 0 atom stereocenters. The summed E-state index contributed by atoms with van der Waals surface area (Å²) in [7, 11) is 0. The Hall–Kier alpha value is -1.65. The van der Waals surface area contributed by atoms with Gasteiger partial charge in [0.05, 0.1) is 5.75 Å². The highest BCUT2D eigenvalue weighted by Crippen LogP contribution is 2.19. The molecular weight excluding hydrogens is 304 g/mol. The predicted octanol–water partition coefficient (Wildman–Crippen LogP) is 4.10. The number of hydrogen-bond acceptors (Lipinski definition) is 3. The normalized spacial score (nSPS) is 10.4. The van der Waals surface area contributed by atoms with Gasteiger partial charge in [-0.15, -0.1) is 11.8 Å². The highest BCUT2D eigenvalue weighted by Gasteiger charge is 2.05. The van der Waals surface area contributed by atoms with Crippen molar-refractivity contribution >= 4 is 40.6 Å². The molecule has 3 N–H and O–H groups in total. The molecule has 21 heavy (non-hydrogen) atoms. The van der Waals surface area contributed by atoms with Gasteiger partial charge in [0.15, 0.2) is 0 Å². The number of halogens is 1. The molecule has 0 fully saturated rings. The molecule has 110 valence electrons. The van der Waals surface area contributed by atoms with Gasteiger partial charge in [0.25, 0.3) is 0 Å². The first-order chi connectivity index (χ1) is 10.0. The molecular formula is C16H17ClN2OS. The van der Waals surface area contributed by atoms with Gasteiger partial charge in [-0.25, -0.2) is 0 Å². The first-order valence-corrected chi connectivity index (χ1v) is 8.06. The number of rotatable bonds is 5. The summed E-state index contributed by atoms with van der Waals surface area (Å²) in [6, 6.07) is 13.1. The minimum Gasteiger partial charge on any atom is -0.399 e. The molecule has 5 heteroatoms. The van der Waals surface area contributed by atoms with Crippen LogP contribution in [0.1, 0.15) is 11.1 Å². The second kappa shape index (κ2) is 7.38. The molecule has 2 aromatic rings. The summed E-state index contributed by atoms with van der Waals surface area (Å²) in [5.41, 5.74) is 9.29. The van der Waals surface area contributed by atoms with E-state index in [4.69, 9.17) is 17.3 Å². The van der Waals surface area contributed by atoms with Crippen LogP contribution in [0.15, 0.2) is 42.5 Å². The highest BCUT2D eigenvalue weighted by molar-refractivity contribution is 7.99. The maximum absolute atomic E-state index is 11.9. The number of benzene rings is 2. The van der Waals surface area contributed by atoms with Crippen LogP contribution in [-0.4, -0.2) is 11.7 Å². The molecule has 2 rings (SSSR count). The van der Waals surface area contributed by atoms with Gasteiger partial charge in [0.2, 0.25) is 5.91 Å². The van der Waals surface area contributed by atoms with E-state index < -0.39 is 0 Å². The van der Waals surface area contributed by atoms with Crippen LogP contribution in [-0.2, 0) is 10.5 Å². The van der Waals surface area contributed by atoms with Crippen molar-refractivity contribution in [3.05, 3.63) is 58.6 Å². The number of aryl methyl sites for hydroxylation is 1. The van der Waals surface area contributed by atoms with Crippen LogP contribution in [0.25, 0.3) is 0 Å². The summed E-state index contributed by atoms with van der Waals surface area (Å²) in [6.07, 6.45) is 0. The first kappa shape index (κ1) is 15.7. The van der Waals surface area contributed by atoms with Gasteiger partial charge in [-0.3, -0.25) is 4.79 Å². The average molecular weight is 321 g/mol. The lowest BCUT2D eigenvalue weighted by Crippen LogP contribution is -2.15. The van der Waals surface area contributed by atoms with E-state index in [-0.39, 0.29) is 5.91 Å². The predicted molar refractivity (Wildman–Crippen MR) is 91.8 cm³/mol. The molecule has 0 unspecified atom stereocenters. The third-order valence-corrected chi connectivity index (χ3v) is 4.21. The fraction of sp³-hybridized carbons (Fsp3) is 0.188. The molecule has 0 spiro atoms. The van der Waals surface area contributed by atoms with Gasteiger partial charge in [-0.05, 0) is 42.3 Å². The van der Waals surface area contributed by atoms with Crippen LogP contribution < -0.4 is 11.1 Å². The molecule has 2 aromatic carbocycles. The Morgan fingerprint density at radius 2 is 1.95 bits per heavy atom. The number of nitrogens with one attached hydrogen (secondary N) is 1. The molecule has 0 aliphatic heterocycles. The van der Waals surface area contributed by atoms with E-state index in [1.165, 1.54) is 0 Å². The van der Waals surface area contributed by atoms with Crippen LogP contribution >= 0.6 is 23.4 Å². The zero-order valence-electron chi connectivity index (χ0n) is 11.7. The van der Waals surface area contributed by atoms with Crippen molar-refractivity contribution in [2.45, 2.75) is 12.7 Å². The second-order valence-electron chi connectivity index (χ2n) is 4.74. The maximum Gasteiger partial charge on any atom is 0.234 e. The number of nitrogen functional groups attached to an aromatic ring is 1. The minimum atomic E-state index is -0.0253. The molecule has 3 nitrogen and oxygen atoms in total. The molecule has 1 amide bonds. The minimum absolute atomic E-state index is 0.0253. The zero-order chi connectivity index (χ0) is 15.2. The molecule has 0 saturated heterocycles. The Morgan fingerprint density at radius 1 is 1.24 bits per heavy atom. The molecule has 0 aromatic heterocycles. The van der Waals surface area contributed by atoms with Crippen LogP contribution in [0.2, 0.25) is 5.02 Å². The number of anilines is 2. The van der Waals surface area contributed by atoms with E-state index in [0.29, 0.717) is 11.4 Å². The van der Waals surface area contributed by atoms with Gasteiger partial charge in [0.1, 0.15) is 0 Å². The standard InChI is InChI=1S/C16H17ClN2OS/c1-11-2-7-14(18)8-15(11)19-16(20)10-21-9-12-3-5-13(17)6-4-12/h2-8H,9-10,18H2,1H3,(H,19,20). The van der Waals surface area contributed by atoms with E-state index in [2.05, 4.69) is 5.32 Å². The summed E-state index contributed by atoms with van der Waals surface area (Å²) in [5.74, 6) is 1.15. The average Bonchev–Trinajstić information content (AvgIpc) is 2.45. The smallest absolute Gasteiger partial charge is 0.234 e. The van der Waals surface area contributed by atoms with E-state index >= 15 is 0 Å². The van der Waals surface area contributed by atoms with Gasteiger partial charge >= 0.3 is 0 Å². The Bertz CT molecular complexity index is 629. The van der Waals surface area contributed by atoms with Crippen molar-refractivity contribution in [3.63, 3.8) is 0 Å².